The van der Waals surface area contributed by atoms with Gasteiger partial charge in [-0.25, -0.2) is 0 Å². The molecule has 330 valence electrons. The standard InChI is InChI=1S/C62H52O5/c1-37-20-48-32-49-21-38(2)23-51(59(49)64)34-55-29-47(45-19-11-17-43(27-45)41-14-8-5-9-15-41)31-57(62(55)67)36-53-25-39(3)24-52(60(53)65)35-56-30-46(28-54(61(56)66)33-50(22-37)58(48)63)44-18-10-16-42(26-44)40-12-6-4-7-13-40/h4-31,63-67H,32-36H2,1-3H3. The predicted octanol–water partition coefficient (Wildman–Crippen LogP) is 14.1. The fourth-order valence-electron chi connectivity index (χ4n) is 10.0. The van der Waals surface area contributed by atoms with Crippen LogP contribution in [0.1, 0.15) is 72.3 Å². The maximum Gasteiger partial charge on any atom is 0.122 e. The van der Waals surface area contributed by atoms with Gasteiger partial charge in [0.2, 0.25) is 0 Å². The molecule has 0 fully saturated rings. The summed E-state index contributed by atoms with van der Waals surface area (Å²) >= 11 is 0. The van der Waals surface area contributed by atoms with Gasteiger partial charge in [-0.1, -0.05) is 150 Å². The quantitative estimate of drug-likeness (QED) is 0.121. The molecule has 0 heterocycles. The Morgan fingerprint density at radius 1 is 0.224 bits per heavy atom. The van der Waals surface area contributed by atoms with Crippen molar-refractivity contribution < 1.29 is 25.5 Å². The van der Waals surface area contributed by atoms with Gasteiger partial charge in [0.15, 0.2) is 0 Å². The summed E-state index contributed by atoms with van der Waals surface area (Å²) in [6, 6.07) is 56.9. The van der Waals surface area contributed by atoms with Crippen LogP contribution in [0.4, 0.5) is 0 Å². The van der Waals surface area contributed by atoms with E-state index in [9.17, 15) is 25.5 Å². The lowest BCUT2D eigenvalue weighted by molar-refractivity contribution is 0.451. The van der Waals surface area contributed by atoms with Crippen molar-refractivity contribution in [2.45, 2.75) is 52.9 Å². The van der Waals surface area contributed by atoms with Gasteiger partial charge in [0.05, 0.1) is 0 Å². The molecule has 0 atom stereocenters. The maximum absolute atomic E-state index is 12.3. The molecule has 1 aliphatic carbocycles. The van der Waals surface area contributed by atoms with Crippen LogP contribution in [-0.4, -0.2) is 25.5 Å². The smallest absolute Gasteiger partial charge is 0.122 e. The molecule has 0 unspecified atom stereocenters. The molecule has 67 heavy (non-hydrogen) atoms. The Balaban J connectivity index is 1.18. The minimum absolute atomic E-state index is 0.0935. The average Bonchev–Trinajstić information content (AvgIpc) is 3.33. The second kappa shape index (κ2) is 17.8. The van der Waals surface area contributed by atoms with E-state index in [1.54, 1.807) is 0 Å². The Morgan fingerprint density at radius 2 is 0.433 bits per heavy atom. The second-order valence-corrected chi connectivity index (χ2v) is 18.4. The van der Waals surface area contributed by atoms with Gasteiger partial charge in [0.25, 0.3) is 0 Å². The molecular weight excluding hydrogens is 825 g/mol. The maximum atomic E-state index is 12.3. The summed E-state index contributed by atoms with van der Waals surface area (Å²) in [5, 5.41) is 61.0. The molecule has 5 heteroatoms. The van der Waals surface area contributed by atoms with Crippen molar-refractivity contribution in [3.05, 3.63) is 242 Å². The molecule has 1 aliphatic rings. The van der Waals surface area contributed by atoms with Crippen molar-refractivity contribution in [2.24, 2.45) is 0 Å². The molecule has 0 radical (unpaired) electrons. The van der Waals surface area contributed by atoms with Gasteiger partial charge < -0.3 is 25.5 Å². The molecule has 0 aromatic heterocycles. The van der Waals surface area contributed by atoms with E-state index in [-0.39, 0.29) is 60.9 Å². The molecule has 0 saturated heterocycles. The molecule has 10 bridgehead atoms. The summed E-state index contributed by atoms with van der Waals surface area (Å²) in [4.78, 5) is 0. The van der Waals surface area contributed by atoms with Crippen molar-refractivity contribution in [1.82, 2.24) is 0 Å². The monoisotopic (exact) mass is 876 g/mol. The van der Waals surface area contributed by atoms with Crippen LogP contribution in [-0.2, 0) is 32.1 Å². The molecule has 9 aromatic rings. The number of rotatable bonds is 4. The van der Waals surface area contributed by atoms with Crippen LogP contribution in [0.15, 0.2) is 170 Å². The molecule has 0 aliphatic heterocycles. The summed E-state index contributed by atoms with van der Waals surface area (Å²) in [5.41, 5.74) is 17.3. The normalized spacial score (nSPS) is 12.4. The third-order valence-electron chi connectivity index (χ3n) is 13.3. The van der Waals surface area contributed by atoms with Crippen LogP contribution in [0, 0.1) is 20.8 Å². The largest absolute Gasteiger partial charge is 0.507 e. The minimum Gasteiger partial charge on any atom is -0.507 e. The highest BCUT2D eigenvalue weighted by atomic mass is 16.3. The molecule has 10 rings (SSSR count). The molecule has 5 nitrogen and oxygen atoms in total. The Hall–Kier alpha value is -8.02. The summed E-state index contributed by atoms with van der Waals surface area (Å²) < 4.78 is 0. The van der Waals surface area contributed by atoms with Crippen LogP contribution in [0.3, 0.4) is 0 Å². The van der Waals surface area contributed by atoms with Crippen LogP contribution in [0.2, 0.25) is 0 Å². The molecule has 5 N–H and O–H groups in total. The number of hydrogen-bond acceptors (Lipinski definition) is 5. The van der Waals surface area contributed by atoms with Crippen molar-refractivity contribution in [3.8, 4) is 73.3 Å². The van der Waals surface area contributed by atoms with E-state index in [0.29, 0.717) is 55.6 Å². The van der Waals surface area contributed by atoms with Gasteiger partial charge in [0.1, 0.15) is 28.7 Å². The first-order chi connectivity index (χ1) is 32.4. The highest BCUT2D eigenvalue weighted by Gasteiger charge is 2.22. The lowest BCUT2D eigenvalue weighted by atomic mass is 9.87. The number of phenolic OH excluding ortho intramolecular Hbond substituents is 5. The van der Waals surface area contributed by atoms with Gasteiger partial charge >= 0.3 is 0 Å². The Kier molecular flexibility index (Phi) is 11.4. The van der Waals surface area contributed by atoms with Crippen molar-refractivity contribution in [2.75, 3.05) is 0 Å². The van der Waals surface area contributed by atoms with Crippen LogP contribution >= 0.6 is 0 Å². The number of aryl methyl sites for hydroxylation is 3. The summed E-state index contributed by atoms with van der Waals surface area (Å²) in [6.07, 6.45) is 1.21. The summed E-state index contributed by atoms with van der Waals surface area (Å²) in [7, 11) is 0. The zero-order valence-electron chi connectivity index (χ0n) is 37.9. The average molecular weight is 877 g/mol. The van der Waals surface area contributed by atoms with Crippen LogP contribution < -0.4 is 0 Å². The van der Waals surface area contributed by atoms with Crippen LogP contribution in [0.25, 0.3) is 44.5 Å². The fraction of sp³-hybridized carbons (Fsp3) is 0.129. The van der Waals surface area contributed by atoms with E-state index in [0.717, 1.165) is 61.2 Å². The van der Waals surface area contributed by atoms with Crippen LogP contribution in [0.5, 0.6) is 28.7 Å². The second-order valence-electron chi connectivity index (χ2n) is 18.4. The Bertz CT molecular complexity index is 3130. The van der Waals surface area contributed by atoms with Gasteiger partial charge in [-0.15, -0.1) is 0 Å². The van der Waals surface area contributed by atoms with E-state index in [4.69, 9.17) is 0 Å². The third-order valence-corrected chi connectivity index (χ3v) is 13.3. The first-order valence-corrected chi connectivity index (χ1v) is 22.9. The van der Waals surface area contributed by atoms with E-state index in [2.05, 4.69) is 60.7 Å². The minimum atomic E-state index is 0.0935. The number of fused-ring (bicyclic) bond motifs is 10. The van der Waals surface area contributed by atoms with Crippen molar-refractivity contribution in [1.29, 1.82) is 0 Å². The van der Waals surface area contributed by atoms with E-state index >= 15 is 0 Å². The third kappa shape index (κ3) is 8.76. The van der Waals surface area contributed by atoms with Gasteiger partial charge in [-0.2, -0.15) is 0 Å². The number of benzene rings is 9. The number of phenols is 5. The molecule has 0 saturated carbocycles. The van der Waals surface area contributed by atoms with Gasteiger partial charge in [0, 0.05) is 32.1 Å². The van der Waals surface area contributed by atoms with Gasteiger partial charge in [-0.05, 0) is 157 Å². The molecule has 0 amide bonds. The lowest BCUT2D eigenvalue weighted by Gasteiger charge is -2.20. The summed E-state index contributed by atoms with van der Waals surface area (Å²) in [6.45, 7) is 5.98. The number of aromatic hydroxyl groups is 5. The van der Waals surface area contributed by atoms with Crippen molar-refractivity contribution >= 4 is 0 Å². The fourth-order valence-corrected chi connectivity index (χ4v) is 10.0. The zero-order valence-corrected chi connectivity index (χ0v) is 37.9. The molecule has 0 spiro atoms. The first-order valence-electron chi connectivity index (χ1n) is 22.9. The zero-order chi connectivity index (χ0) is 46.3. The molecular formula is C62H52O5. The highest BCUT2D eigenvalue weighted by Crippen LogP contribution is 2.42. The Labute approximate surface area is 392 Å². The topological polar surface area (TPSA) is 101 Å². The lowest BCUT2D eigenvalue weighted by Crippen LogP contribution is -2.03. The SMILES string of the molecule is Cc1cc2c(O)c(c1)Cc1cc(-c3cccc(-c4ccccc4)c3)cc(c1O)Cc1cc(C)cc(c1O)Cc1cc(-c3cccc(-c4ccccc4)c3)cc(c1O)Cc1cc(C)cc(c1O)C2. The molecule has 9 aromatic carbocycles. The van der Waals surface area contributed by atoms with E-state index in [1.807, 2.05) is 130 Å². The van der Waals surface area contributed by atoms with Gasteiger partial charge in [-0.3, -0.25) is 0 Å². The summed E-state index contributed by atoms with van der Waals surface area (Å²) in [5.74, 6) is 0.492. The van der Waals surface area contributed by atoms with E-state index in [1.165, 1.54) is 0 Å². The van der Waals surface area contributed by atoms with Crippen molar-refractivity contribution in [3.63, 3.8) is 0 Å². The first kappa shape index (κ1) is 42.9. The highest BCUT2D eigenvalue weighted by molar-refractivity contribution is 5.77. The number of hydrogen-bond donors (Lipinski definition) is 5. The van der Waals surface area contributed by atoms with E-state index < -0.39 is 0 Å². The Morgan fingerprint density at radius 3 is 0.687 bits per heavy atom. The predicted molar refractivity (Wildman–Crippen MR) is 271 cm³/mol.